The van der Waals surface area contributed by atoms with Crippen LogP contribution in [0, 0.1) is 0 Å². The molecule has 2 atom stereocenters. The summed E-state index contributed by atoms with van der Waals surface area (Å²) < 4.78 is 7.61. The van der Waals surface area contributed by atoms with Crippen molar-refractivity contribution in [1.82, 2.24) is 24.8 Å². The minimum absolute atomic E-state index is 0.0198. The second-order valence-corrected chi connectivity index (χ2v) is 6.05. The normalized spacial score (nSPS) is 20.7. The zero-order valence-electron chi connectivity index (χ0n) is 14.4. The van der Waals surface area contributed by atoms with Gasteiger partial charge in [-0.2, -0.15) is 0 Å². The fourth-order valence-electron chi connectivity index (χ4n) is 3.15. The number of aromatic amines is 1. The van der Waals surface area contributed by atoms with E-state index in [-0.39, 0.29) is 37.0 Å². The molecule has 3 rings (SSSR count). The number of H-pyrrole nitrogens is 1. The predicted molar refractivity (Wildman–Crippen MR) is 90.6 cm³/mol. The second kappa shape index (κ2) is 7.52. The first kappa shape index (κ1) is 17.2. The van der Waals surface area contributed by atoms with E-state index in [4.69, 9.17) is 4.74 Å². The van der Waals surface area contributed by atoms with Gasteiger partial charge in [0, 0.05) is 44.4 Å². The summed E-state index contributed by atoms with van der Waals surface area (Å²) in [6.07, 6.45) is 5.26. The van der Waals surface area contributed by atoms with Gasteiger partial charge in [-0.15, -0.1) is 0 Å². The molecule has 2 aromatic rings. The summed E-state index contributed by atoms with van der Waals surface area (Å²) in [4.78, 5) is 33.5. The number of hydrogen-bond acceptors (Lipinski definition) is 4. The Bertz CT molecular complexity index is 724. The summed E-state index contributed by atoms with van der Waals surface area (Å²) in [5.41, 5.74) is 0.855. The van der Waals surface area contributed by atoms with E-state index in [1.165, 1.54) is 0 Å². The number of carbonyl (C=O) groups is 2. The zero-order valence-corrected chi connectivity index (χ0v) is 14.4. The Morgan fingerprint density at radius 3 is 3.00 bits per heavy atom. The van der Waals surface area contributed by atoms with Crippen LogP contribution in [-0.2, 0) is 27.8 Å². The molecule has 1 fully saturated rings. The van der Waals surface area contributed by atoms with E-state index in [0.717, 1.165) is 11.5 Å². The van der Waals surface area contributed by atoms with Crippen molar-refractivity contribution in [3.05, 3.63) is 42.2 Å². The highest BCUT2D eigenvalue weighted by Gasteiger charge is 2.39. The van der Waals surface area contributed by atoms with Gasteiger partial charge in [-0.1, -0.05) is 0 Å². The Kier molecular flexibility index (Phi) is 5.18. The molecule has 2 aromatic heterocycles. The Labute approximate surface area is 146 Å². The van der Waals surface area contributed by atoms with Crippen LogP contribution in [0.5, 0.6) is 0 Å². The van der Waals surface area contributed by atoms with Crippen LogP contribution in [0.2, 0.25) is 0 Å². The van der Waals surface area contributed by atoms with E-state index >= 15 is 0 Å². The molecule has 2 N–H and O–H groups in total. The van der Waals surface area contributed by atoms with Gasteiger partial charge in [-0.25, -0.2) is 4.98 Å². The van der Waals surface area contributed by atoms with Crippen LogP contribution in [0.4, 0.5) is 0 Å². The number of morpholine rings is 1. The highest BCUT2D eigenvalue weighted by Crippen LogP contribution is 2.28. The topological polar surface area (TPSA) is 92.2 Å². The van der Waals surface area contributed by atoms with Crippen molar-refractivity contribution in [2.24, 2.45) is 7.05 Å². The van der Waals surface area contributed by atoms with Crippen LogP contribution in [0.15, 0.2) is 30.7 Å². The van der Waals surface area contributed by atoms with Gasteiger partial charge in [0.05, 0.1) is 6.42 Å². The van der Waals surface area contributed by atoms with E-state index < -0.39 is 0 Å². The molecule has 25 heavy (non-hydrogen) atoms. The molecule has 0 radical (unpaired) electrons. The molecule has 8 heteroatoms. The van der Waals surface area contributed by atoms with E-state index in [1.807, 2.05) is 36.9 Å². The molecule has 0 spiro atoms. The number of likely N-dealkylation sites (N-methyl/N-ethyl adjacent to an activating group) is 1. The number of ether oxygens (including phenoxy) is 1. The molecular formula is C17H23N5O3. The van der Waals surface area contributed by atoms with Gasteiger partial charge in [-0.3, -0.25) is 9.59 Å². The van der Waals surface area contributed by atoms with Crippen molar-refractivity contribution < 1.29 is 14.3 Å². The van der Waals surface area contributed by atoms with E-state index in [2.05, 4.69) is 15.3 Å². The third-order valence-electron chi connectivity index (χ3n) is 4.41. The fraction of sp³-hybridized carbons (Fsp3) is 0.471. The van der Waals surface area contributed by atoms with Crippen molar-refractivity contribution in [1.29, 1.82) is 0 Å². The Morgan fingerprint density at radius 2 is 2.36 bits per heavy atom. The lowest BCUT2D eigenvalue weighted by Crippen LogP contribution is -2.53. The number of nitrogens with one attached hydrogen (secondary N) is 2. The summed E-state index contributed by atoms with van der Waals surface area (Å²) in [5.74, 6) is 0.590. The quantitative estimate of drug-likeness (QED) is 0.792. The molecule has 0 bridgehead atoms. The van der Waals surface area contributed by atoms with Crippen molar-refractivity contribution in [2.75, 3.05) is 19.7 Å². The van der Waals surface area contributed by atoms with Crippen LogP contribution in [-0.4, -0.2) is 57.0 Å². The number of hydrogen-bond donors (Lipinski definition) is 2. The van der Waals surface area contributed by atoms with Crippen LogP contribution >= 0.6 is 0 Å². The average Bonchev–Trinajstić information content (AvgIpc) is 3.25. The fourth-order valence-corrected chi connectivity index (χ4v) is 3.15. The maximum absolute atomic E-state index is 12.2. The van der Waals surface area contributed by atoms with Crippen LogP contribution in [0.25, 0.3) is 0 Å². The van der Waals surface area contributed by atoms with Gasteiger partial charge in [0.2, 0.25) is 11.8 Å². The Morgan fingerprint density at radius 1 is 1.52 bits per heavy atom. The van der Waals surface area contributed by atoms with Crippen LogP contribution < -0.4 is 5.32 Å². The summed E-state index contributed by atoms with van der Waals surface area (Å²) in [5, 5.41) is 2.90. The lowest BCUT2D eigenvalue weighted by Gasteiger charge is -2.40. The molecule has 3 heterocycles. The number of aryl methyl sites for hydroxylation is 1. The maximum atomic E-state index is 12.2. The summed E-state index contributed by atoms with van der Waals surface area (Å²) in [6.45, 7) is 2.83. The molecule has 0 unspecified atom stereocenters. The minimum atomic E-state index is -0.341. The number of rotatable bonds is 6. The van der Waals surface area contributed by atoms with Crippen molar-refractivity contribution >= 4 is 11.8 Å². The molecule has 0 aliphatic carbocycles. The molecule has 1 saturated heterocycles. The molecule has 134 valence electrons. The second-order valence-electron chi connectivity index (χ2n) is 6.05. The predicted octanol–water partition coefficient (Wildman–Crippen LogP) is 0.396. The van der Waals surface area contributed by atoms with E-state index in [9.17, 15) is 9.59 Å². The van der Waals surface area contributed by atoms with Gasteiger partial charge in [0.1, 0.15) is 24.6 Å². The first-order valence-corrected chi connectivity index (χ1v) is 8.37. The molecular weight excluding hydrogens is 322 g/mol. The molecule has 8 nitrogen and oxygen atoms in total. The number of amides is 2. The standard InChI is InChI=1S/C17H23N5O3/c1-3-22-15(24)11-25-13(16(22)17-19-7-8-21(17)2)10-20-14(23)9-12-5-4-6-18-12/h4-8,13,16,18H,3,9-11H2,1-2H3,(H,20,23)/t13-,16+/m0/s1. The number of nitrogens with zero attached hydrogens (tertiary/aromatic N) is 3. The molecule has 1 aliphatic heterocycles. The van der Waals surface area contributed by atoms with E-state index in [1.54, 1.807) is 17.3 Å². The van der Waals surface area contributed by atoms with Crippen molar-refractivity contribution in [3.8, 4) is 0 Å². The highest BCUT2D eigenvalue weighted by molar-refractivity contribution is 5.79. The van der Waals surface area contributed by atoms with E-state index in [0.29, 0.717) is 13.1 Å². The van der Waals surface area contributed by atoms with Gasteiger partial charge in [0.15, 0.2) is 0 Å². The lowest BCUT2D eigenvalue weighted by molar-refractivity contribution is -0.157. The molecule has 1 aliphatic rings. The van der Waals surface area contributed by atoms with Gasteiger partial charge >= 0.3 is 0 Å². The van der Waals surface area contributed by atoms with Crippen LogP contribution in [0.1, 0.15) is 24.5 Å². The third kappa shape index (κ3) is 3.74. The summed E-state index contributed by atoms with van der Waals surface area (Å²) in [7, 11) is 1.89. The minimum Gasteiger partial charge on any atom is -0.365 e. The SMILES string of the molecule is CCN1C(=O)CO[C@@H](CNC(=O)Cc2ccc[nH]2)[C@@H]1c1nccn1C. The maximum Gasteiger partial charge on any atom is 0.249 e. The Balaban J connectivity index is 1.70. The van der Waals surface area contributed by atoms with Crippen molar-refractivity contribution in [3.63, 3.8) is 0 Å². The molecule has 0 aromatic carbocycles. The number of carbonyl (C=O) groups excluding carboxylic acids is 2. The lowest BCUT2D eigenvalue weighted by atomic mass is 10.1. The average molecular weight is 345 g/mol. The number of aromatic nitrogens is 3. The van der Waals surface area contributed by atoms with Crippen molar-refractivity contribution in [2.45, 2.75) is 25.5 Å². The third-order valence-corrected chi connectivity index (χ3v) is 4.41. The largest absolute Gasteiger partial charge is 0.365 e. The smallest absolute Gasteiger partial charge is 0.249 e. The zero-order chi connectivity index (χ0) is 17.8. The number of imidazole rings is 1. The first-order chi connectivity index (χ1) is 12.1. The molecule has 2 amide bonds. The highest BCUT2D eigenvalue weighted by atomic mass is 16.5. The summed E-state index contributed by atoms with van der Waals surface area (Å²) in [6, 6.07) is 3.40. The monoisotopic (exact) mass is 345 g/mol. The van der Waals surface area contributed by atoms with Gasteiger partial charge in [0.25, 0.3) is 0 Å². The first-order valence-electron chi connectivity index (χ1n) is 8.37. The van der Waals surface area contributed by atoms with Gasteiger partial charge in [-0.05, 0) is 19.1 Å². The van der Waals surface area contributed by atoms with Gasteiger partial charge < -0.3 is 24.5 Å². The van der Waals surface area contributed by atoms with Crippen LogP contribution in [0.3, 0.4) is 0 Å². The molecule has 0 saturated carbocycles. The Hall–Kier alpha value is -2.61. The summed E-state index contributed by atoms with van der Waals surface area (Å²) >= 11 is 0.